The first kappa shape index (κ1) is 17.3. The minimum Gasteiger partial charge on any atom is -0.371 e. The lowest BCUT2D eigenvalue weighted by molar-refractivity contribution is 0.478. The fourth-order valence-corrected chi connectivity index (χ4v) is 4.24. The first-order valence-corrected chi connectivity index (χ1v) is 9.57. The molecule has 0 spiro atoms. The van der Waals surface area contributed by atoms with Crippen LogP contribution in [0.25, 0.3) is 0 Å². The molecule has 0 amide bonds. The molecule has 3 rings (SSSR count). The van der Waals surface area contributed by atoms with Gasteiger partial charge in [0.25, 0.3) is 0 Å². The van der Waals surface area contributed by atoms with E-state index in [1.54, 1.807) is 17.5 Å². The Morgan fingerprint density at radius 3 is 2.88 bits per heavy atom. The van der Waals surface area contributed by atoms with Crippen LogP contribution in [0.1, 0.15) is 24.0 Å². The molecule has 0 atom stereocenters. The van der Waals surface area contributed by atoms with E-state index in [4.69, 9.17) is 0 Å². The van der Waals surface area contributed by atoms with Crippen molar-refractivity contribution in [1.82, 2.24) is 10.0 Å². The van der Waals surface area contributed by atoms with Crippen LogP contribution in [0.3, 0.4) is 0 Å². The third kappa shape index (κ3) is 4.12. The van der Waals surface area contributed by atoms with Crippen LogP contribution in [0.5, 0.6) is 0 Å². The van der Waals surface area contributed by atoms with Gasteiger partial charge >= 0.3 is 0 Å². The number of piperidine rings is 1. The molecule has 1 aromatic carbocycles. The fraction of sp³-hybridized carbons (Fsp3) is 0.400. The highest BCUT2D eigenvalue weighted by atomic mass is 32.2. The molecule has 2 N–H and O–H groups in total. The third-order valence-corrected chi connectivity index (χ3v) is 5.77. The van der Waals surface area contributed by atoms with Gasteiger partial charge in [-0.1, -0.05) is 37.4 Å². The minimum atomic E-state index is 0.556. The van der Waals surface area contributed by atoms with Crippen LogP contribution >= 0.6 is 11.9 Å². The maximum atomic E-state index is 3.85. The van der Waals surface area contributed by atoms with Crippen molar-refractivity contribution in [3.05, 3.63) is 65.6 Å². The molecule has 1 aromatic rings. The Morgan fingerprint density at radius 1 is 1.29 bits per heavy atom. The predicted octanol–water partition coefficient (Wildman–Crippen LogP) is 3.79. The normalized spacial score (nSPS) is 19.0. The average Bonchev–Trinajstić information content (AvgIpc) is 2.65. The molecule has 1 saturated heterocycles. The Balaban J connectivity index is 1.57. The maximum absolute atomic E-state index is 3.85. The summed E-state index contributed by atoms with van der Waals surface area (Å²) in [5.41, 5.74) is 4.48. The van der Waals surface area contributed by atoms with Crippen LogP contribution < -0.4 is 14.9 Å². The molecule has 0 bridgehead atoms. The third-order valence-electron chi connectivity index (χ3n) is 4.78. The molecule has 3 nitrogen and oxygen atoms in total. The van der Waals surface area contributed by atoms with Gasteiger partial charge in [0.1, 0.15) is 0 Å². The van der Waals surface area contributed by atoms with Gasteiger partial charge in [0, 0.05) is 36.3 Å². The number of fused-ring (bicyclic) bond motifs is 1. The van der Waals surface area contributed by atoms with Gasteiger partial charge in [-0.25, -0.2) is 0 Å². The highest BCUT2D eigenvalue weighted by Gasteiger charge is 2.22. The molecular formula is C20H27N3S. The molecule has 2 aliphatic rings. The summed E-state index contributed by atoms with van der Waals surface area (Å²) >= 11 is 1.67. The lowest BCUT2D eigenvalue weighted by Crippen LogP contribution is -2.41. The quantitative estimate of drug-likeness (QED) is 0.608. The zero-order chi connectivity index (χ0) is 16.8. The summed E-state index contributed by atoms with van der Waals surface area (Å²) in [7, 11) is 0. The Labute approximate surface area is 150 Å². The van der Waals surface area contributed by atoms with Gasteiger partial charge in [-0.05, 0) is 61.0 Å². The number of hydrogen-bond acceptors (Lipinski definition) is 4. The van der Waals surface area contributed by atoms with Gasteiger partial charge in [0.15, 0.2) is 0 Å². The highest BCUT2D eigenvalue weighted by molar-refractivity contribution is 8.01. The van der Waals surface area contributed by atoms with Gasteiger partial charge in [0.05, 0.1) is 0 Å². The molecule has 128 valence electrons. The van der Waals surface area contributed by atoms with E-state index in [1.165, 1.54) is 24.1 Å². The first-order chi connectivity index (χ1) is 11.8. The van der Waals surface area contributed by atoms with E-state index >= 15 is 0 Å². The molecule has 0 radical (unpaired) electrons. The predicted molar refractivity (Wildman–Crippen MR) is 106 cm³/mol. The molecule has 4 heteroatoms. The molecule has 2 aliphatic heterocycles. The molecule has 24 heavy (non-hydrogen) atoms. The van der Waals surface area contributed by atoms with E-state index in [1.807, 2.05) is 18.2 Å². The van der Waals surface area contributed by atoms with Crippen molar-refractivity contribution in [3.8, 4) is 0 Å². The minimum absolute atomic E-state index is 0.556. The van der Waals surface area contributed by atoms with Crippen molar-refractivity contribution in [1.29, 1.82) is 0 Å². The number of anilines is 1. The Morgan fingerprint density at radius 2 is 2.12 bits per heavy atom. The van der Waals surface area contributed by atoms with E-state index in [9.17, 15) is 0 Å². The summed E-state index contributed by atoms with van der Waals surface area (Å²) in [6.45, 7) is 11.9. The number of allylic oxidation sites excluding steroid dienone is 3. The van der Waals surface area contributed by atoms with E-state index in [-0.39, 0.29) is 0 Å². The van der Waals surface area contributed by atoms with Crippen molar-refractivity contribution in [2.24, 2.45) is 0 Å². The van der Waals surface area contributed by atoms with E-state index in [2.05, 4.69) is 46.3 Å². The van der Waals surface area contributed by atoms with E-state index < -0.39 is 0 Å². The van der Waals surface area contributed by atoms with Crippen LogP contribution in [-0.2, 0) is 13.0 Å². The SMILES string of the molecule is C=C/C=C(\C=C)SNC1CCN(c2cccc3c2CCNC3)CC1. The molecular weight excluding hydrogens is 314 g/mol. The molecule has 0 aromatic heterocycles. The largest absolute Gasteiger partial charge is 0.371 e. The summed E-state index contributed by atoms with van der Waals surface area (Å²) in [6, 6.07) is 7.33. The summed E-state index contributed by atoms with van der Waals surface area (Å²) in [6.07, 6.45) is 9.17. The van der Waals surface area contributed by atoms with Gasteiger partial charge in [-0.2, -0.15) is 0 Å². The number of rotatable bonds is 6. The number of benzene rings is 1. The van der Waals surface area contributed by atoms with Gasteiger partial charge in [0.2, 0.25) is 0 Å². The fourth-order valence-electron chi connectivity index (χ4n) is 3.46. The van der Waals surface area contributed by atoms with Crippen molar-refractivity contribution in [2.75, 3.05) is 24.5 Å². The van der Waals surface area contributed by atoms with Crippen LogP contribution in [0, 0.1) is 0 Å². The van der Waals surface area contributed by atoms with Crippen molar-refractivity contribution in [3.63, 3.8) is 0 Å². The molecule has 1 fully saturated rings. The second-order valence-corrected chi connectivity index (χ2v) is 7.24. The second-order valence-electron chi connectivity index (χ2n) is 6.33. The van der Waals surface area contributed by atoms with Crippen LogP contribution in [-0.4, -0.2) is 25.7 Å². The lowest BCUT2D eigenvalue weighted by atomic mass is 9.96. The summed E-state index contributed by atoms with van der Waals surface area (Å²) in [5, 5.41) is 3.47. The van der Waals surface area contributed by atoms with Crippen molar-refractivity contribution < 1.29 is 0 Å². The standard InChI is InChI=1S/C20H27N3S/c1-3-6-18(4-2)24-22-17-10-13-23(14-11-17)20-8-5-7-16-15-21-12-9-19(16)20/h3-8,17,21-22H,1-2,9-15H2/b18-6+. The Bertz CT molecular complexity index is 615. The molecule has 0 saturated carbocycles. The highest BCUT2D eigenvalue weighted by Crippen LogP contribution is 2.29. The monoisotopic (exact) mass is 341 g/mol. The smallest absolute Gasteiger partial charge is 0.0402 e. The molecule has 0 unspecified atom stereocenters. The molecule has 2 heterocycles. The van der Waals surface area contributed by atoms with Crippen molar-refractivity contribution >= 4 is 17.6 Å². The van der Waals surface area contributed by atoms with Gasteiger partial charge in [-0.3, -0.25) is 4.72 Å². The zero-order valence-electron chi connectivity index (χ0n) is 14.3. The zero-order valence-corrected chi connectivity index (χ0v) is 15.1. The van der Waals surface area contributed by atoms with Crippen molar-refractivity contribution in [2.45, 2.75) is 31.8 Å². The van der Waals surface area contributed by atoms with Crippen LogP contribution in [0.15, 0.2) is 54.5 Å². The summed E-state index contributed by atoms with van der Waals surface area (Å²) in [4.78, 5) is 3.69. The first-order valence-electron chi connectivity index (χ1n) is 8.75. The number of hydrogen-bond donors (Lipinski definition) is 2. The van der Waals surface area contributed by atoms with E-state index in [0.717, 1.165) is 37.5 Å². The Kier molecular flexibility index (Phi) is 6.18. The second kappa shape index (κ2) is 8.56. The number of nitrogens with one attached hydrogen (secondary N) is 2. The van der Waals surface area contributed by atoms with Gasteiger partial charge < -0.3 is 10.2 Å². The van der Waals surface area contributed by atoms with Gasteiger partial charge in [-0.15, -0.1) is 0 Å². The van der Waals surface area contributed by atoms with Crippen LogP contribution in [0.4, 0.5) is 5.69 Å². The summed E-state index contributed by atoms with van der Waals surface area (Å²) < 4.78 is 3.58. The van der Waals surface area contributed by atoms with E-state index in [0.29, 0.717) is 6.04 Å². The molecule has 0 aliphatic carbocycles. The number of nitrogens with zero attached hydrogens (tertiary/aromatic N) is 1. The Hall–Kier alpha value is -1.49. The topological polar surface area (TPSA) is 27.3 Å². The van der Waals surface area contributed by atoms with Crippen LogP contribution in [0.2, 0.25) is 0 Å². The lowest BCUT2D eigenvalue weighted by Gasteiger charge is -2.36. The maximum Gasteiger partial charge on any atom is 0.0402 e. The average molecular weight is 342 g/mol. The summed E-state index contributed by atoms with van der Waals surface area (Å²) in [5.74, 6) is 0.